The van der Waals surface area contributed by atoms with E-state index in [4.69, 9.17) is 9.47 Å². The van der Waals surface area contributed by atoms with Crippen LogP contribution in [0.1, 0.15) is 174 Å². The van der Waals surface area contributed by atoms with E-state index < -0.39 is 24.3 Å². The predicted octanol–water partition coefficient (Wildman–Crippen LogP) is 10.2. The molecule has 0 aliphatic rings. The van der Waals surface area contributed by atoms with Crippen molar-refractivity contribution >= 4 is 11.9 Å². The van der Waals surface area contributed by atoms with Crippen LogP contribution in [0.4, 0.5) is 0 Å². The van der Waals surface area contributed by atoms with E-state index in [2.05, 4.69) is 50.3 Å². The van der Waals surface area contributed by atoms with E-state index in [0.717, 1.165) is 44.9 Å². The summed E-state index contributed by atoms with van der Waals surface area (Å²) in [5.41, 5.74) is 0. The van der Waals surface area contributed by atoms with Crippen molar-refractivity contribution in [1.29, 1.82) is 0 Å². The Morgan fingerprint density at radius 2 is 0.878 bits per heavy atom. The average molecular weight is 691 g/mol. The number of hydrogen-bond donors (Lipinski definition) is 3. The molecule has 0 heterocycles. The molecule has 7 heteroatoms. The number of aliphatic hydroxyl groups excluding tert-OH is 3. The first kappa shape index (κ1) is 46.8. The molecule has 284 valence electrons. The van der Waals surface area contributed by atoms with Crippen LogP contribution < -0.4 is 0 Å². The monoisotopic (exact) mass is 691 g/mol. The normalized spacial score (nSPS) is 14.0. The molecule has 49 heavy (non-hydrogen) atoms. The molecule has 0 saturated heterocycles. The molecular formula is C42H74O7. The summed E-state index contributed by atoms with van der Waals surface area (Å²) >= 11 is 0. The largest absolute Gasteiger partial charge is 0.463 e. The van der Waals surface area contributed by atoms with Gasteiger partial charge in [0.1, 0.15) is 19.3 Å². The van der Waals surface area contributed by atoms with Gasteiger partial charge in [0.15, 0.2) is 0 Å². The van der Waals surface area contributed by atoms with Crippen molar-refractivity contribution in [3.8, 4) is 0 Å². The van der Waals surface area contributed by atoms with Gasteiger partial charge in [0, 0.05) is 12.8 Å². The number of esters is 2. The summed E-state index contributed by atoms with van der Waals surface area (Å²) in [4.78, 5) is 24.0. The van der Waals surface area contributed by atoms with Crippen LogP contribution in [0.3, 0.4) is 0 Å². The number of rotatable bonds is 35. The van der Waals surface area contributed by atoms with Gasteiger partial charge in [-0.05, 0) is 51.4 Å². The number of unbranched alkanes of at least 4 members (excludes halogenated alkanes) is 15. The maximum Gasteiger partial charge on any atom is 0.305 e. The zero-order valence-electron chi connectivity index (χ0n) is 31.4. The second-order valence-electron chi connectivity index (χ2n) is 13.3. The highest BCUT2D eigenvalue weighted by Gasteiger charge is 2.16. The van der Waals surface area contributed by atoms with Gasteiger partial charge >= 0.3 is 11.9 Å². The quantitative estimate of drug-likeness (QED) is 0.0345. The Bertz CT molecular complexity index is 863. The van der Waals surface area contributed by atoms with E-state index in [-0.39, 0.29) is 32.0 Å². The lowest BCUT2D eigenvalue weighted by Gasteiger charge is -2.16. The molecule has 0 spiro atoms. The third-order valence-corrected chi connectivity index (χ3v) is 8.53. The summed E-state index contributed by atoms with van der Waals surface area (Å²) in [5, 5.41) is 30.4. The van der Waals surface area contributed by atoms with E-state index in [9.17, 15) is 24.9 Å². The molecule has 7 nitrogen and oxygen atoms in total. The van der Waals surface area contributed by atoms with Gasteiger partial charge in [0.05, 0.1) is 12.2 Å². The zero-order valence-corrected chi connectivity index (χ0v) is 31.4. The number of hydrogen-bond acceptors (Lipinski definition) is 7. The van der Waals surface area contributed by atoms with Crippen LogP contribution in [0, 0.1) is 0 Å². The third-order valence-electron chi connectivity index (χ3n) is 8.53. The van der Waals surface area contributed by atoms with Crippen LogP contribution in [0.5, 0.6) is 0 Å². The molecule has 0 saturated carbocycles. The molecule has 0 aliphatic heterocycles. The Morgan fingerprint density at radius 1 is 0.490 bits per heavy atom. The lowest BCUT2D eigenvalue weighted by molar-refractivity contribution is -0.152. The summed E-state index contributed by atoms with van der Waals surface area (Å²) in [7, 11) is 0. The zero-order chi connectivity index (χ0) is 36.0. The fourth-order valence-corrected chi connectivity index (χ4v) is 5.41. The summed E-state index contributed by atoms with van der Waals surface area (Å²) in [6.45, 7) is 3.94. The molecule has 0 aromatic carbocycles. The molecule has 0 aliphatic carbocycles. The number of allylic oxidation sites excluding steroid dienone is 7. The fourth-order valence-electron chi connectivity index (χ4n) is 5.41. The van der Waals surface area contributed by atoms with Gasteiger partial charge in [0.2, 0.25) is 0 Å². The highest BCUT2D eigenvalue weighted by atomic mass is 16.6. The van der Waals surface area contributed by atoms with E-state index in [0.29, 0.717) is 19.3 Å². The molecule has 0 bridgehead atoms. The van der Waals surface area contributed by atoms with Crippen molar-refractivity contribution in [2.75, 3.05) is 13.2 Å². The minimum Gasteiger partial charge on any atom is -0.463 e. The fraction of sp³-hybridized carbons (Fsp3) is 0.762. The maximum atomic E-state index is 12.0. The van der Waals surface area contributed by atoms with Crippen LogP contribution in [-0.4, -0.2) is 58.8 Å². The molecule has 0 aromatic rings. The lowest BCUT2D eigenvalue weighted by Crippen LogP contribution is -2.26. The predicted molar refractivity (Wildman–Crippen MR) is 203 cm³/mol. The Hall–Kier alpha value is -2.22. The Morgan fingerprint density at radius 3 is 1.33 bits per heavy atom. The highest BCUT2D eigenvalue weighted by Crippen LogP contribution is 2.14. The van der Waals surface area contributed by atoms with Crippen LogP contribution in [-0.2, 0) is 19.1 Å². The second kappa shape index (κ2) is 37.0. The van der Waals surface area contributed by atoms with Gasteiger partial charge < -0.3 is 24.8 Å². The van der Waals surface area contributed by atoms with E-state index >= 15 is 0 Å². The highest BCUT2D eigenvalue weighted by molar-refractivity contribution is 5.69. The Kier molecular flexibility index (Phi) is 35.4. The standard InChI is InChI=1S/C42H74O7/c1-3-5-7-9-11-13-15-17-18-19-20-22-24-26-28-30-34-41(46)48-36-38(43)37-49-42(47)35-31-33-40(45)39(44)32-29-27-25-23-21-16-14-12-10-8-6-4-2/h6,8,12,14,21,23,27,29,38-40,43-45H,3-5,7,9-11,13,15-20,22,24-26,28,30-37H2,1-2H3/b8-6-,14-12-,23-21-,29-27-/t38-,39+,40+/m1/s1. The first-order valence-electron chi connectivity index (χ1n) is 19.9. The minimum absolute atomic E-state index is 0.0690. The molecule has 0 fully saturated rings. The lowest BCUT2D eigenvalue weighted by atomic mass is 10.0. The SMILES string of the molecule is CC/C=C\C/C=C\C/C=C\C/C=C\C[C@H](O)[C@@H](O)CCCC(=O)OC[C@H](O)COC(=O)CCCCCCCCCCCCCCCCCC. The Labute approximate surface area is 300 Å². The van der Waals surface area contributed by atoms with Crippen LogP contribution in [0.2, 0.25) is 0 Å². The average Bonchev–Trinajstić information content (AvgIpc) is 3.09. The molecule has 3 atom stereocenters. The van der Waals surface area contributed by atoms with Gasteiger partial charge in [-0.1, -0.05) is 159 Å². The van der Waals surface area contributed by atoms with Gasteiger partial charge in [0.25, 0.3) is 0 Å². The van der Waals surface area contributed by atoms with Gasteiger partial charge in [-0.25, -0.2) is 0 Å². The van der Waals surface area contributed by atoms with Crippen LogP contribution in [0.15, 0.2) is 48.6 Å². The summed E-state index contributed by atoms with van der Waals surface area (Å²) < 4.78 is 10.2. The number of ether oxygens (including phenoxy) is 2. The van der Waals surface area contributed by atoms with Gasteiger partial charge in [-0.2, -0.15) is 0 Å². The summed E-state index contributed by atoms with van der Waals surface area (Å²) in [6.07, 6.45) is 39.2. The van der Waals surface area contributed by atoms with Crippen molar-refractivity contribution in [2.24, 2.45) is 0 Å². The maximum absolute atomic E-state index is 12.0. The summed E-state index contributed by atoms with van der Waals surface area (Å²) in [6, 6.07) is 0. The second-order valence-corrected chi connectivity index (χ2v) is 13.3. The topological polar surface area (TPSA) is 113 Å². The first-order chi connectivity index (χ1) is 23.9. The van der Waals surface area contributed by atoms with Crippen LogP contribution in [0.25, 0.3) is 0 Å². The number of aliphatic hydroxyl groups is 3. The smallest absolute Gasteiger partial charge is 0.305 e. The molecule has 0 radical (unpaired) electrons. The molecular weight excluding hydrogens is 616 g/mol. The third kappa shape index (κ3) is 35.4. The van der Waals surface area contributed by atoms with Gasteiger partial charge in [-0.3, -0.25) is 9.59 Å². The molecule has 0 aromatic heterocycles. The molecule has 0 unspecified atom stereocenters. The van der Waals surface area contributed by atoms with Crippen molar-refractivity contribution < 1.29 is 34.4 Å². The van der Waals surface area contributed by atoms with E-state index in [1.54, 1.807) is 0 Å². The van der Waals surface area contributed by atoms with Crippen molar-refractivity contribution in [3.05, 3.63) is 48.6 Å². The molecule has 0 rings (SSSR count). The minimum atomic E-state index is -1.07. The number of carbonyl (C=O) groups excluding carboxylic acids is 2. The van der Waals surface area contributed by atoms with E-state index in [1.807, 2.05) is 12.2 Å². The van der Waals surface area contributed by atoms with Crippen molar-refractivity contribution in [3.63, 3.8) is 0 Å². The Balaban J connectivity index is 3.67. The van der Waals surface area contributed by atoms with Crippen LogP contribution >= 0.6 is 0 Å². The molecule has 3 N–H and O–H groups in total. The molecule has 0 amide bonds. The van der Waals surface area contributed by atoms with E-state index in [1.165, 1.54) is 83.5 Å². The summed E-state index contributed by atoms with van der Waals surface area (Å²) in [5.74, 6) is -0.840. The van der Waals surface area contributed by atoms with Crippen molar-refractivity contribution in [2.45, 2.75) is 193 Å². The first-order valence-corrected chi connectivity index (χ1v) is 19.9. The number of carbonyl (C=O) groups is 2. The van der Waals surface area contributed by atoms with Crippen molar-refractivity contribution in [1.82, 2.24) is 0 Å². The van der Waals surface area contributed by atoms with Gasteiger partial charge in [-0.15, -0.1) is 0 Å².